The quantitative estimate of drug-likeness (QED) is 0.270. The number of rotatable bonds is 9. The largest absolute Gasteiger partial charge is 0.462 e. The molecule has 0 aromatic rings. The van der Waals surface area contributed by atoms with Gasteiger partial charge in [-0.2, -0.15) is 8.42 Å². The van der Waals surface area contributed by atoms with Crippen LogP contribution in [0.25, 0.3) is 0 Å². The first-order valence-corrected chi connectivity index (χ1v) is 7.08. The predicted molar refractivity (Wildman–Crippen MR) is 66.6 cm³/mol. The van der Waals surface area contributed by atoms with Crippen molar-refractivity contribution in [3.8, 4) is 0 Å². The van der Waals surface area contributed by atoms with Crippen molar-refractivity contribution < 1.29 is 26.9 Å². The lowest BCUT2D eigenvalue weighted by Gasteiger charge is -2.11. The summed E-state index contributed by atoms with van der Waals surface area (Å²) in [6, 6.07) is 0. The second kappa shape index (κ2) is 8.23. The van der Waals surface area contributed by atoms with Crippen molar-refractivity contribution in [3.63, 3.8) is 0 Å². The lowest BCUT2D eigenvalue weighted by molar-refractivity contribution is -0.138. The molecule has 0 heterocycles. The second-order valence-electron chi connectivity index (χ2n) is 3.89. The van der Waals surface area contributed by atoms with Gasteiger partial charge in [-0.05, 0) is 20.3 Å². The van der Waals surface area contributed by atoms with Gasteiger partial charge < -0.3 is 9.47 Å². The molecule has 7 heteroatoms. The van der Waals surface area contributed by atoms with Gasteiger partial charge in [0.1, 0.15) is 0 Å². The lowest BCUT2D eigenvalue weighted by Crippen LogP contribution is -2.22. The van der Waals surface area contributed by atoms with E-state index in [0.29, 0.717) is 0 Å². The molecule has 0 aromatic heterocycles. The Labute approximate surface area is 108 Å². The Balaban J connectivity index is 3.91. The summed E-state index contributed by atoms with van der Waals surface area (Å²) in [5.74, 6) is -0.731. The van der Waals surface area contributed by atoms with Crippen molar-refractivity contribution in [2.24, 2.45) is 0 Å². The SMILES string of the molecule is C=C(C)C(=O)OCCCS(=O)(=O)OC(C)COC. The third-order valence-corrected chi connectivity index (χ3v) is 3.24. The molecule has 0 aliphatic heterocycles. The summed E-state index contributed by atoms with van der Waals surface area (Å²) in [5.41, 5.74) is 0.280. The maximum absolute atomic E-state index is 11.5. The van der Waals surface area contributed by atoms with Crippen molar-refractivity contribution in [3.05, 3.63) is 12.2 Å². The number of esters is 1. The Morgan fingerprint density at radius 3 is 2.50 bits per heavy atom. The molecule has 0 bridgehead atoms. The van der Waals surface area contributed by atoms with E-state index in [-0.39, 0.29) is 31.0 Å². The monoisotopic (exact) mass is 280 g/mol. The Morgan fingerprint density at radius 1 is 1.39 bits per heavy atom. The second-order valence-corrected chi connectivity index (χ2v) is 5.61. The molecule has 0 N–H and O–H groups in total. The van der Waals surface area contributed by atoms with E-state index < -0.39 is 22.2 Å². The fourth-order valence-corrected chi connectivity index (χ4v) is 2.21. The van der Waals surface area contributed by atoms with Gasteiger partial charge in [0.25, 0.3) is 10.1 Å². The van der Waals surface area contributed by atoms with E-state index in [0.717, 1.165) is 0 Å². The van der Waals surface area contributed by atoms with E-state index in [1.807, 2.05) is 0 Å². The summed E-state index contributed by atoms with van der Waals surface area (Å²) < 4.78 is 37.3. The van der Waals surface area contributed by atoms with Crippen LogP contribution in [0.2, 0.25) is 0 Å². The summed E-state index contributed by atoms with van der Waals surface area (Å²) in [5, 5.41) is 0. The van der Waals surface area contributed by atoms with E-state index in [1.54, 1.807) is 6.92 Å². The Kier molecular flexibility index (Phi) is 7.81. The van der Waals surface area contributed by atoms with Crippen LogP contribution in [0.1, 0.15) is 20.3 Å². The summed E-state index contributed by atoms with van der Waals surface area (Å²) in [6.45, 7) is 6.75. The van der Waals surface area contributed by atoms with Gasteiger partial charge in [0.05, 0.1) is 25.1 Å². The molecule has 0 fully saturated rings. The van der Waals surface area contributed by atoms with Crippen LogP contribution in [0, 0.1) is 0 Å². The van der Waals surface area contributed by atoms with Crippen LogP contribution in [0.5, 0.6) is 0 Å². The first-order valence-electron chi connectivity index (χ1n) is 5.51. The molecule has 18 heavy (non-hydrogen) atoms. The van der Waals surface area contributed by atoms with Gasteiger partial charge in [-0.15, -0.1) is 0 Å². The topological polar surface area (TPSA) is 78.9 Å². The minimum absolute atomic E-state index is 0.0208. The third-order valence-electron chi connectivity index (χ3n) is 1.83. The number of carbonyl (C=O) groups is 1. The zero-order valence-corrected chi connectivity index (χ0v) is 11.8. The molecule has 0 spiro atoms. The van der Waals surface area contributed by atoms with E-state index in [1.165, 1.54) is 14.0 Å². The zero-order chi connectivity index (χ0) is 14.2. The first kappa shape index (κ1) is 17.1. The lowest BCUT2D eigenvalue weighted by atomic mass is 10.4. The molecule has 0 radical (unpaired) electrons. The summed E-state index contributed by atoms with van der Waals surface area (Å²) in [4.78, 5) is 11.0. The fraction of sp³-hybridized carbons (Fsp3) is 0.727. The van der Waals surface area contributed by atoms with E-state index >= 15 is 0 Å². The van der Waals surface area contributed by atoms with Crippen molar-refractivity contribution in [2.75, 3.05) is 26.1 Å². The minimum atomic E-state index is -3.61. The standard InChI is InChI=1S/C11H20O6S/c1-9(2)11(12)16-6-5-7-18(13,14)17-10(3)8-15-4/h10H,1,5-8H2,2-4H3. The normalized spacial score (nSPS) is 13.1. The molecule has 0 amide bonds. The van der Waals surface area contributed by atoms with Crippen LogP contribution < -0.4 is 0 Å². The molecular formula is C11H20O6S. The van der Waals surface area contributed by atoms with Crippen LogP contribution in [0.3, 0.4) is 0 Å². The minimum Gasteiger partial charge on any atom is -0.462 e. The fourth-order valence-electron chi connectivity index (χ4n) is 1.08. The molecule has 1 atom stereocenters. The van der Waals surface area contributed by atoms with E-state index in [4.69, 9.17) is 13.7 Å². The van der Waals surface area contributed by atoms with Gasteiger partial charge in [0.15, 0.2) is 0 Å². The molecule has 6 nitrogen and oxygen atoms in total. The molecule has 0 aliphatic rings. The van der Waals surface area contributed by atoms with Crippen LogP contribution in [-0.2, 0) is 28.6 Å². The summed E-state index contributed by atoms with van der Waals surface area (Å²) in [6.07, 6.45) is -0.348. The number of methoxy groups -OCH3 is 1. The molecule has 0 rings (SSSR count). The van der Waals surface area contributed by atoms with E-state index in [9.17, 15) is 13.2 Å². The average molecular weight is 280 g/mol. The number of hydrogen-bond donors (Lipinski definition) is 0. The maximum Gasteiger partial charge on any atom is 0.333 e. The van der Waals surface area contributed by atoms with Crippen molar-refractivity contribution in [1.82, 2.24) is 0 Å². The third kappa shape index (κ3) is 8.21. The summed E-state index contributed by atoms with van der Waals surface area (Å²) in [7, 11) is -2.15. The van der Waals surface area contributed by atoms with Gasteiger partial charge in [0, 0.05) is 12.7 Å². The molecule has 0 saturated heterocycles. The highest BCUT2D eigenvalue weighted by molar-refractivity contribution is 7.86. The molecule has 0 saturated carbocycles. The molecule has 0 aromatic carbocycles. The number of ether oxygens (including phenoxy) is 2. The highest BCUT2D eigenvalue weighted by Crippen LogP contribution is 2.03. The van der Waals surface area contributed by atoms with Gasteiger partial charge in [0.2, 0.25) is 0 Å². The molecule has 106 valence electrons. The van der Waals surface area contributed by atoms with Crippen LogP contribution >= 0.6 is 0 Å². The van der Waals surface area contributed by atoms with Crippen molar-refractivity contribution in [1.29, 1.82) is 0 Å². The highest BCUT2D eigenvalue weighted by Gasteiger charge is 2.16. The van der Waals surface area contributed by atoms with Gasteiger partial charge in [-0.3, -0.25) is 4.18 Å². The van der Waals surface area contributed by atoms with Crippen molar-refractivity contribution in [2.45, 2.75) is 26.4 Å². The Morgan fingerprint density at radius 2 is 2.00 bits per heavy atom. The van der Waals surface area contributed by atoms with Gasteiger partial charge in [-0.25, -0.2) is 4.79 Å². The van der Waals surface area contributed by atoms with Crippen LogP contribution in [-0.4, -0.2) is 46.6 Å². The van der Waals surface area contributed by atoms with Crippen molar-refractivity contribution >= 4 is 16.1 Å². The molecule has 0 aliphatic carbocycles. The zero-order valence-electron chi connectivity index (χ0n) is 11.0. The number of carbonyl (C=O) groups excluding carboxylic acids is 1. The smallest absolute Gasteiger partial charge is 0.333 e. The van der Waals surface area contributed by atoms with Gasteiger partial charge in [-0.1, -0.05) is 6.58 Å². The number of hydrogen-bond acceptors (Lipinski definition) is 6. The highest BCUT2D eigenvalue weighted by atomic mass is 32.2. The van der Waals surface area contributed by atoms with Crippen LogP contribution in [0.15, 0.2) is 12.2 Å². The Bertz CT molecular complexity index is 373. The van der Waals surface area contributed by atoms with Gasteiger partial charge >= 0.3 is 5.97 Å². The molecular weight excluding hydrogens is 260 g/mol. The van der Waals surface area contributed by atoms with Crippen LogP contribution in [0.4, 0.5) is 0 Å². The van der Waals surface area contributed by atoms with E-state index in [2.05, 4.69) is 6.58 Å². The maximum atomic E-state index is 11.5. The average Bonchev–Trinajstić information content (AvgIpc) is 2.23. The molecule has 1 unspecified atom stereocenters. The Hall–Kier alpha value is -0.920. The first-order chi connectivity index (χ1) is 8.28. The predicted octanol–water partition coefficient (Wildman–Crippen LogP) is 0.877. The summed E-state index contributed by atoms with van der Waals surface area (Å²) >= 11 is 0.